The first-order chi connectivity index (χ1) is 13.0. The van der Waals surface area contributed by atoms with Gasteiger partial charge in [-0.2, -0.15) is 0 Å². The molecule has 1 amide bonds. The summed E-state index contributed by atoms with van der Waals surface area (Å²) in [6, 6.07) is 7.38. The number of tetrazole rings is 1. The fourth-order valence-corrected chi connectivity index (χ4v) is 3.46. The van der Waals surface area contributed by atoms with Crippen molar-refractivity contribution in [1.29, 1.82) is 0 Å². The smallest absolute Gasteiger partial charge is 0.341 e. The van der Waals surface area contributed by atoms with Crippen molar-refractivity contribution >= 4 is 34.3 Å². The molecule has 8 nitrogen and oxygen atoms in total. The largest absolute Gasteiger partial charge is 0.465 e. The molecule has 0 atom stereocenters. The van der Waals surface area contributed by atoms with E-state index in [1.807, 2.05) is 38.1 Å². The summed E-state index contributed by atoms with van der Waals surface area (Å²) in [5, 5.41) is 14.2. The van der Waals surface area contributed by atoms with Crippen molar-refractivity contribution in [3.8, 4) is 5.69 Å². The normalized spacial score (nSPS) is 10.9. The number of esters is 1. The average molecular weight is 383 g/mol. The van der Waals surface area contributed by atoms with Crippen LogP contribution in [0.25, 0.3) is 11.8 Å². The molecule has 0 aliphatic rings. The number of ether oxygens (including phenoxy) is 1. The molecule has 27 heavy (non-hydrogen) atoms. The Kier molecular flexibility index (Phi) is 5.41. The SMILES string of the molecule is COC(=O)c1c(NC(=O)/C=C/c2ccc(-n3cnnn3)cc2)sc(C)c1C. The first kappa shape index (κ1) is 18.5. The second-order valence-corrected chi connectivity index (χ2v) is 6.87. The molecule has 2 heterocycles. The van der Waals surface area contributed by atoms with Crippen LogP contribution in [0.3, 0.4) is 0 Å². The van der Waals surface area contributed by atoms with E-state index in [-0.39, 0.29) is 5.91 Å². The molecule has 0 bridgehead atoms. The molecule has 0 fully saturated rings. The highest BCUT2D eigenvalue weighted by molar-refractivity contribution is 7.16. The van der Waals surface area contributed by atoms with Gasteiger partial charge >= 0.3 is 5.97 Å². The van der Waals surface area contributed by atoms with Gasteiger partial charge in [0.15, 0.2) is 0 Å². The molecule has 1 aromatic carbocycles. The topological polar surface area (TPSA) is 99.0 Å². The van der Waals surface area contributed by atoms with Gasteiger partial charge in [0.25, 0.3) is 0 Å². The minimum Gasteiger partial charge on any atom is -0.465 e. The molecular weight excluding hydrogens is 366 g/mol. The van der Waals surface area contributed by atoms with E-state index in [1.54, 1.807) is 6.08 Å². The van der Waals surface area contributed by atoms with Gasteiger partial charge in [-0.25, -0.2) is 9.48 Å². The van der Waals surface area contributed by atoms with Gasteiger partial charge in [0.1, 0.15) is 11.3 Å². The van der Waals surface area contributed by atoms with E-state index in [2.05, 4.69) is 20.8 Å². The van der Waals surface area contributed by atoms with Crippen LogP contribution in [0.1, 0.15) is 26.4 Å². The van der Waals surface area contributed by atoms with Crippen LogP contribution in [0.5, 0.6) is 0 Å². The van der Waals surface area contributed by atoms with E-state index in [4.69, 9.17) is 4.74 Å². The van der Waals surface area contributed by atoms with Gasteiger partial charge in [-0.05, 0) is 53.6 Å². The van der Waals surface area contributed by atoms with E-state index < -0.39 is 5.97 Å². The quantitative estimate of drug-likeness (QED) is 0.537. The third-order valence-corrected chi connectivity index (χ3v) is 5.07. The molecule has 3 aromatic rings. The maximum Gasteiger partial charge on any atom is 0.341 e. The van der Waals surface area contributed by atoms with E-state index in [9.17, 15) is 9.59 Å². The zero-order valence-corrected chi connectivity index (χ0v) is 15.8. The first-order valence-electron chi connectivity index (χ1n) is 8.00. The second-order valence-electron chi connectivity index (χ2n) is 5.65. The van der Waals surface area contributed by atoms with Crippen LogP contribution < -0.4 is 5.32 Å². The number of carbonyl (C=O) groups is 2. The Bertz CT molecular complexity index is 991. The average Bonchev–Trinajstić information content (AvgIpc) is 3.29. The molecule has 2 aromatic heterocycles. The fraction of sp³-hybridized carbons (Fsp3) is 0.167. The lowest BCUT2D eigenvalue weighted by molar-refractivity contribution is -0.111. The summed E-state index contributed by atoms with van der Waals surface area (Å²) in [6.45, 7) is 3.72. The van der Waals surface area contributed by atoms with Crippen molar-refractivity contribution in [2.75, 3.05) is 12.4 Å². The van der Waals surface area contributed by atoms with Crippen molar-refractivity contribution < 1.29 is 14.3 Å². The van der Waals surface area contributed by atoms with Crippen molar-refractivity contribution in [3.05, 3.63) is 58.2 Å². The lowest BCUT2D eigenvalue weighted by atomic mass is 10.1. The third kappa shape index (κ3) is 4.09. The van der Waals surface area contributed by atoms with Crippen molar-refractivity contribution in [2.45, 2.75) is 13.8 Å². The predicted molar refractivity (Wildman–Crippen MR) is 102 cm³/mol. The zero-order valence-electron chi connectivity index (χ0n) is 15.0. The maximum absolute atomic E-state index is 12.2. The molecule has 0 aliphatic heterocycles. The van der Waals surface area contributed by atoms with Crippen molar-refractivity contribution in [2.24, 2.45) is 0 Å². The number of methoxy groups -OCH3 is 1. The van der Waals surface area contributed by atoms with Crippen LogP contribution in [-0.2, 0) is 9.53 Å². The number of nitrogens with one attached hydrogen (secondary N) is 1. The molecule has 0 aliphatic carbocycles. The molecule has 1 N–H and O–H groups in total. The van der Waals surface area contributed by atoms with E-state index in [0.29, 0.717) is 10.6 Å². The standard InChI is InChI=1S/C18H17N5O3S/c1-11-12(2)27-17(16(11)18(25)26-3)20-15(24)9-6-13-4-7-14(8-5-13)23-10-19-21-22-23/h4-10H,1-3H3,(H,20,24)/b9-6+. The van der Waals surface area contributed by atoms with E-state index in [1.165, 1.54) is 35.5 Å². The van der Waals surface area contributed by atoms with Gasteiger partial charge in [-0.3, -0.25) is 4.79 Å². The molecular formula is C18H17N5O3S. The van der Waals surface area contributed by atoms with Crippen LogP contribution in [0.4, 0.5) is 5.00 Å². The Balaban J connectivity index is 1.71. The fourth-order valence-electron chi connectivity index (χ4n) is 2.41. The van der Waals surface area contributed by atoms with Gasteiger partial charge in [0.2, 0.25) is 5.91 Å². The number of aryl methyl sites for hydroxylation is 1. The van der Waals surface area contributed by atoms with E-state index in [0.717, 1.165) is 21.7 Å². The maximum atomic E-state index is 12.2. The van der Waals surface area contributed by atoms with E-state index >= 15 is 0 Å². The highest BCUT2D eigenvalue weighted by Gasteiger charge is 2.20. The van der Waals surface area contributed by atoms with Crippen LogP contribution in [0, 0.1) is 13.8 Å². The number of nitrogens with zero attached hydrogens (tertiary/aromatic N) is 4. The van der Waals surface area contributed by atoms with Gasteiger partial charge in [0, 0.05) is 11.0 Å². The number of hydrogen-bond acceptors (Lipinski definition) is 7. The number of anilines is 1. The number of rotatable bonds is 5. The van der Waals surface area contributed by atoms with Crippen LogP contribution >= 0.6 is 11.3 Å². The van der Waals surface area contributed by atoms with Crippen LogP contribution in [0.2, 0.25) is 0 Å². The minimum absolute atomic E-state index is 0.328. The molecule has 0 radical (unpaired) electrons. The molecule has 138 valence electrons. The lowest BCUT2D eigenvalue weighted by Gasteiger charge is -2.04. The van der Waals surface area contributed by atoms with Gasteiger partial charge in [0.05, 0.1) is 18.4 Å². The highest BCUT2D eigenvalue weighted by Crippen LogP contribution is 2.32. The predicted octanol–water partition coefficient (Wildman–Crippen LogP) is 2.78. The molecule has 0 saturated heterocycles. The van der Waals surface area contributed by atoms with Gasteiger partial charge in [-0.15, -0.1) is 16.4 Å². The molecule has 0 spiro atoms. The summed E-state index contributed by atoms with van der Waals surface area (Å²) in [7, 11) is 1.32. The third-order valence-electron chi connectivity index (χ3n) is 3.95. The zero-order chi connectivity index (χ0) is 19.4. The molecule has 3 rings (SSSR count). The Morgan fingerprint density at radius 2 is 1.96 bits per heavy atom. The summed E-state index contributed by atoms with van der Waals surface area (Å²) < 4.78 is 6.34. The van der Waals surface area contributed by atoms with Gasteiger partial charge < -0.3 is 10.1 Å². The monoisotopic (exact) mass is 383 g/mol. The van der Waals surface area contributed by atoms with Crippen molar-refractivity contribution in [3.63, 3.8) is 0 Å². The molecule has 0 saturated carbocycles. The van der Waals surface area contributed by atoms with Crippen LogP contribution in [-0.4, -0.2) is 39.2 Å². The Morgan fingerprint density at radius 1 is 1.22 bits per heavy atom. The van der Waals surface area contributed by atoms with Gasteiger partial charge in [-0.1, -0.05) is 12.1 Å². The van der Waals surface area contributed by atoms with Crippen LogP contribution in [0.15, 0.2) is 36.7 Å². The van der Waals surface area contributed by atoms with Crippen molar-refractivity contribution in [1.82, 2.24) is 20.2 Å². The Hall–Kier alpha value is -3.33. The lowest BCUT2D eigenvalue weighted by Crippen LogP contribution is -2.11. The Labute approximate surface area is 159 Å². The number of amides is 1. The summed E-state index contributed by atoms with van der Waals surface area (Å²) >= 11 is 1.35. The summed E-state index contributed by atoms with van der Waals surface area (Å²) in [5.41, 5.74) is 2.86. The minimum atomic E-state index is -0.464. The number of hydrogen-bond donors (Lipinski definition) is 1. The number of thiophene rings is 1. The highest BCUT2D eigenvalue weighted by atomic mass is 32.1. The Morgan fingerprint density at radius 3 is 2.59 bits per heavy atom. The summed E-state index contributed by atoms with van der Waals surface area (Å²) in [6.07, 6.45) is 4.60. The second kappa shape index (κ2) is 7.92. The summed E-state index contributed by atoms with van der Waals surface area (Å²) in [4.78, 5) is 25.2. The number of benzene rings is 1. The number of carbonyl (C=O) groups excluding carboxylic acids is 2. The summed E-state index contributed by atoms with van der Waals surface area (Å²) in [5.74, 6) is -0.791. The number of aromatic nitrogens is 4. The molecule has 9 heteroatoms. The molecule has 0 unspecified atom stereocenters. The first-order valence-corrected chi connectivity index (χ1v) is 8.82.